The number of benzene rings is 1. The van der Waals surface area contributed by atoms with Gasteiger partial charge in [-0.15, -0.1) is 11.8 Å². The molecule has 1 aromatic rings. The molecule has 2 atom stereocenters. The Morgan fingerprint density at radius 2 is 1.83 bits per heavy atom. The zero-order chi connectivity index (χ0) is 13.5. The molecule has 0 aliphatic heterocycles. The molecule has 1 rings (SSSR count). The fourth-order valence-corrected chi connectivity index (χ4v) is 2.98. The van der Waals surface area contributed by atoms with Gasteiger partial charge < -0.3 is 10.0 Å². The van der Waals surface area contributed by atoms with Crippen molar-refractivity contribution >= 4 is 11.8 Å². The van der Waals surface area contributed by atoms with Crippen LogP contribution in [-0.4, -0.2) is 36.5 Å². The van der Waals surface area contributed by atoms with E-state index in [4.69, 9.17) is 0 Å². The molecule has 0 amide bonds. The van der Waals surface area contributed by atoms with E-state index in [1.54, 1.807) is 0 Å². The minimum Gasteiger partial charge on any atom is -0.396 e. The van der Waals surface area contributed by atoms with Crippen LogP contribution in [0.2, 0.25) is 0 Å². The summed E-state index contributed by atoms with van der Waals surface area (Å²) in [5, 5.41) is 9.36. The van der Waals surface area contributed by atoms with E-state index >= 15 is 0 Å². The Labute approximate surface area is 115 Å². The fraction of sp³-hybridized carbons (Fsp3) is 0.600. The predicted molar refractivity (Wildman–Crippen MR) is 80.1 cm³/mol. The molecule has 3 heteroatoms. The molecule has 0 spiro atoms. The molecule has 0 radical (unpaired) electrons. The first-order chi connectivity index (χ1) is 8.60. The van der Waals surface area contributed by atoms with E-state index in [0.29, 0.717) is 0 Å². The third kappa shape index (κ3) is 4.30. The molecular formula is C15H25NOS. The summed E-state index contributed by atoms with van der Waals surface area (Å²) in [5.74, 6) is 1.41. The molecule has 0 aromatic heterocycles. The topological polar surface area (TPSA) is 23.5 Å². The minimum atomic E-state index is 0.217. The lowest BCUT2D eigenvalue weighted by atomic mass is 9.94. The molecule has 0 saturated carbocycles. The second kappa shape index (κ2) is 7.82. The molecule has 0 aliphatic rings. The molecule has 0 fully saturated rings. The molecule has 0 saturated heterocycles. The number of thioether (sulfide) groups is 1. The lowest BCUT2D eigenvalue weighted by Crippen LogP contribution is -2.27. The normalized spacial score (nSPS) is 14.8. The summed E-state index contributed by atoms with van der Waals surface area (Å²) in [7, 11) is 4.13. The van der Waals surface area contributed by atoms with Gasteiger partial charge in [-0.25, -0.2) is 0 Å². The highest BCUT2D eigenvalue weighted by Gasteiger charge is 2.20. The summed E-state index contributed by atoms with van der Waals surface area (Å²) in [4.78, 5) is 3.50. The van der Waals surface area contributed by atoms with Crippen molar-refractivity contribution in [3.63, 3.8) is 0 Å². The SMILES string of the molecule is CCCSc1ccc(C(C(C)CO)N(C)C)cc1. The molecule has 18 heavy (non-hydrogen) atoms. The van der Waals surface area contributed by atoms with Crippen LogP contribution in [0.25, 0.3) is 0 Å². The minimum absolute atomic E-state index is 0.217. The molecule has 0 aliphatic carbocycles. The van der Waals surface area contributed by atoms with Crippen LogP contribution < -0.4 is 0 Å². The molecule has 0 bridgehead atoms. The van der Waals surface area contributed by atoms with Crippen molar-refractivity contribution in [2.45, 2.75) is 31.2 Å². The first-order valence-corrected chi connectivity index (χ1v) is 7.58. The second-order valence-corrected chi connectivity index (χ2v) is 6.15. The summed E-state index contributed by atoms with van der Waals surface area (Å²) in [6.45, 7) is 4.51. The molecular weight excluding hydrogens is 242 g/mol. The van der Waals surface area contributed by atoms with Crippen LogP contribution in [0, 0.1) is 5.92 Å². The highest BCUT2D eigenvalue weighted by molar-refractivity contribution is 7.99. The first kappa shape index (κ1) is 15.5. The van der Waals surface area contributed by atoms with Gasteiger partial charge in [0, 0.05) is 17.5 Å². The van der Waals surface area contributed by atoms with Crippen LogP contribution in [0.1, 0.15) is 31.9 Å². The predicted octanol–water partition coefficient (Wildman–Crippen LogP) is 3.42. The number of aliphatic hydroxyl groups is 1. The van der Waals surface area contributed by atoms with Gasteiger partial charge in [-0.2, -0.15) is 0 Å². The van der Waals surface area contributed by atoms with Crippen LogP contribution in [0.4, 0.5) is 0 Å². The van der Waals surface area contributed by atoms with E-state index in [2.05, 4.69) is 57.1 Å². The lowest BCUT2D eigenvalue weighted by molar-refractivity contribution is 0.145. The maximum absolute atomic E-state index is 9.36. The number of aliphatic hydroxyl groups excluding tert-OH is 1. The highest BCUT2D eigenvalue weighted by Crippen LogP contribution is 2.28. The van der Waals surface area contributed by atoms with Crippen LogP contribution >= 0.6 is 11.8 Å². The van der Waals surface area contributed by atoms with Crippen molar-refractivity contribution in [1.29, 1.82) is 0 Å². The van der Waals surface area contributed by atoms with Crippen molar-refractivity contribution in [2.24, 2.45) is 5.92 Å². The van der Waals surface area contributed by atoms with E-state index < -0.39 is 0 Å². The highest BCUT2D eigenvalue weighted by atomic mass is 32.2. The lowest BCUT2D eigenvalue weighted by Gasteiger charge is -2.29. The Kier molecular flexibility index (Phi) is 6.76. The average molecular weight is 267 g/mol. The summed E-state index contributed by atoms with van der Waals surface area (Å²) < 4.78 is 0. The zero-order valence-corrected chi connectivity index (χ0v) is 12.7. The summed E-state index contributed by atoms with van der Waals surface area (Å²) >= 11 is 1.90. The van der Waals surface area contributed by atoms with Gasteiger partial charge in [-0.3, -0.25) is 0 Å². The summed E-state index contributed by atoms with van der Waals surface area (Å²) in [5.41, 5.74) is 1.28. The van der Waals surface area contributed by atoms with E-state index in [1.807, 2.05) is 11.8 Å². The monoisotopic (exact) mass is 267 g/mol. The van der Waals surface area contributed by atoms with Crippen molar-refractivity contribution in [2.75, 3.05) is 26.5 Å². The van der Waals surface area contributed by atoms with Gasteiger partial charge in [-0.1, -0.05) is 26.0 Å². The standard InChI is InChI=1S/C15H25NOS/c1-5-10-18-14-8-6-13(7-9-14)15(16(3)4)12(2)11-17/h6-9,12,15,17H,5,10-11H2,1-4H3. The number of rotatable bonds is 7. The molecule has 2 nitrogen and oxygen atoms in total. The van der Waals surface area contributed by atoms with Crippen LogP contribution in [0.3, 0.4) is 0 Å². The van der Waals surface area contributed by atoms with Gasteiger partial charge in [0.2, 0.25) is 0 Å². The van der Waals surface area contributed by atoms with Gasteiger partial charge >= 0.3 is 0 Å². The van der Waals surface area contributed by atoms with Crippen LogP contribution in [0.5, 0.6) is 0 Å². The largest absolute Gasteiger partial charge is 0.396 e. The second-order valence-electron chi connectivity index (χ2n) is 4.99. The molecule has 1 aromatic carbocycles. The van der Waals surface area contributed by atoms with Crippen LogP contribution in [-0.2, 0) is 0 Å². The third-order valence-electron chi connectivity index (χ3n) is 3.08. The van der Waals surface area contributed by atoms with Gasteiger partial charge in [-0.05, 0) is 49.9 Å². The number of hydrogen-bond acceptors (Lipinski definition) is 3. The fourth-order valence-electron chi connectivity index (χ4n) is 2.22. The van der Waals surface area contributed by atoms with Crippen molar-refractivity contribution in [1.82, 2.24) is 4.90 Å². The van der Waals surface area contributed by atoms with Gasteiger partial charge in [0.25, 0.3) is 0 Å². The Hall–Kier alpha value is -0.510. The van der Waals surface area contributed by atoms with E-state index in [-0.39, 0.29) is 18.6 Å². The maximum Gasteiger partial charge on any atom is 0.0474 e. The Morgan fingerprint density at radius 3 is 2.28 bits per heavy atom. The molecule has 1 N–H and O–H groups in total. The third-order valence-corrected chi connectivity index (χ3v) is 4.30. The molecule has 102 valence electrons. The average Bonchev–Trinajstić information content (AvgIpc) is 2.37. The quantitative estimate of drug-likeness (QED) is 0.766. The smallest absolute Gasteiger partial charge is 0.0474 e. The van der Waals surface area contributed by atoms with Crippen molar-refractivity contribution < 1.29 is 5.11 Å². The van der Waals surface area contributed by atoms with Gasteiger partial charge in [0.15, 0.2) is 0 Å². The van der Waals surface area contributed by atoms with E-state index in [9.17, 15) is 5.11 Å². The molecule has 0 heterocycles. The Balaban J connectivity index is 2.80. The Bertz CT molecular complexity index is 337. The van der Waals surface area contributed by atoms with Gasteiger partial charge in [0.05, 0.1) is 0 Å². The first-order valence-electron chi connectivity index (χ1n) is 6.60. The van der Waals surface area contributed by atoms with E-state index in [0.717, 1.165) is 0 Å². The van der Waals surface area contributed by atoms with Crippen molar-refractivity contribution in [3.8, 4) is 0 Å². The van der Waals surface area contributed by atoms with Crippen LogP contribution in [0.15, 0.2) is 29.2 Å². The Morgan fingerprint density at radius 1 is 1.22 bits per heavy atom. The van der Waals surface area contributed by atoms with Gasteiger partial charge in [0.1, 0.15) is 0 Å². The maximum atomic E-state index is 9.36. The summed E-state index contributed by atoms with van der Waals surface area (Å²) in [6.07, 6.45) is 1.20. The zero-order valence-electron chi connectivity index (χ0n) is 11.9. The summed E-state index contributed by atoms with van der Waals surface area (Å²) in [6, 6.07) is 9.04. The number of hydrogen-bond donors (Lipinski definition) is 1. The molecule has 2 unspecified atom stereocenters. The van der Waals surface area contributed by atoms with Crippen molar-refractivity contribution in [3.05, 3.63) is 29.8 Å². The number of nitrogens with zero attached hydrogens (tertiary/aromatic N) is 1. The van der Waals surface area contributed by atoms with E-state index in [1.165, 1.54) is 22.6 Å².